The monoisotopic (exact) mass is 277 g/mol. The number of nitrogens with zero attached hydrogens (tertiary/aromatic N) is 1. The van der Waals surface area contributed by atoms with Crippen molar-refractivity contribution in [1.82, 2.24) is 0 Å². The summed E-state index contributed by atoms with van der Waals surface area (Å²) in [5, 5.41) is 0. The van der Waals surface area contributed by atoms with Gasteiger partial charge in [-0.05, 0) is 24.1 Å². The van der Waals surface area contributed by atoms with E-state index in [1.165, 1.54) is 0 Å². The van der Waals surface area contributed by atoms with E-state index in [1.54, 1.807) is 25.1 Å². The molecular formula is C14H15NO3S. The zero-order valence-corrected chi connectivity index (χ0v) is 11.3. The number of benzene rings is 2. The van der Waals surface area contributed by atoms with Gasteiger partial charge in [-0.1, -0.05) is 48.5 Å². The lowest BCUT2D eigenvalue weighted by Crippen LogP contribution is -2.30. The highest BCUT2D eigenvalue weighted by molar-refractivity contribution is 7.87. The Labute approximate surface area is 113 Å². The number of hydrogen-bond donors (Lipinski definition) is 1. The van der Waals surface area contributed by atoms with Crippen LogP contribution in [0.4, 0.5) is 5.69 Å². The van der Waals surface area contributed by atoms with E-state index in [0.29, 0.717) is 5.69 Å². The van der Waals surface area contributed by atoms with Crippen LogP contribution >= 0.6 is 0 Å². The third-order valence-corrected chi connectivity index (χ3v) is 3.71. The zero-order chi connectivity index (χ0) is 13.9. The highest BCUT2D eigenvalue weighted by atomic mass is 32.2. The van der Waals surface area contributed by atoms with Crippen LogP contribution in [0.2, 0.25) is 0 Å². The molecule has 5 heteroatoms. The van der Waals surface area contributed by atoms with Gasteiger partial charge in [0.2, 0.25) is 0 Å². The van der Waals surface area contributed by atoms with E-state index in [0.717, 1.165) is 15.4 Å². The highest BCUT2D eigenvalue weighted by Gasteiger charge is 2.21. The summed E-state index contributed by atoms with van der Waals surface area (Å²) in [5.74, 6) is 0. The molecular weight excluding hydrogens is 262 g/mol. The third kappa shape index (κ3) is 3.33. The summed E-state index contributed by atoms with van der Waals surface area (Å²) in [6.45, 7) is 1.91. The standard InChI is InChI=1S/C14H15NO3S/c1-12-7-5-6-10-14(12)15(19(16,17)18)11-13-8-3-2-4-9-13/h2-10H,11H2,1H3,(H,16,17,18). The van der Waals surface area contributed by atoms with Crippen molar-refractivity contribution in [2.24, 2.45) is 0 Å². The molecule has 0 fully saturated rings. The fourth-order valence-electron chi connectivity index (χ4n) is 1.88. The Balaban J connectivity index is 2.41. The Kier molecular flexibility index (Phi) is 3.87. The summed E-state index contributed by atoms with van der Waals surface area (Å²) in [6, 6.07) is 16.2. The smallest absolute Gasteiger partial charge is 0.269 e. The number of anilines is 1. The average molecular weight is 277 g/mol. The van der Waals surface area contributed by atoms with E-state index in [9.17, 15) is 13.0 Å². The fourth-order valence-corrected chi connectivity index (χ4v) is 2.65. The molecule has 0 atom stereocenters. The quantitative estimate of drug-likeness (QED) is 0.874. The van der Waals surface area contributed by atoms with Gasteiger partial charge in [0, 0.05) is 0 Å². The van der Waals surface area contributed by atoms with Gasteiger partial charge in [-0.25, -0.2) is 4.31 Å². The van der Waals surface area contributed by atoms with Crippen LogP contribution in [0.3, 0.4) is 0 Å². The molecule has 0 saturated heterocycles. The molecule has 0 unspecified atom stereocenters. The molecule has 4 nitrogen and oxygen atoms in total. The average Bonchev–Trinajstić information content (AvgIpc) is 2.37. The Bertz CT molecular complexity index is 653. The molecule has 0 aliphatic rings. The van der Waals surface area contributed by atoms with E-state index in [-0.39, 0.29) is 6.54 Å². The van der Waals surface area contributed by atoms with E-state index < -0.39 is 10.3 Å². The molecule has 1 N–H and O–H groups in total. The van der Waals surface area contributed by atoms with Crippen molar-refractivity contribution in [2.75, 3.05) is 4.31 Å². The fraction of sp³-hybridized carbons (Fsp3) is 0.143. The van der Waals surface area contributed by atoms with Gasteiger partial charge in [0.05, 0.1) is 12.2 Å². The van der Waals surface area contributed by atoms with Gasteiger partial charge in [0.25, 0.3) is 0 Å². The molecule has 2 aromatic carbocycles. The lowest BCUT2D eigenvalue weighted by molar-refractivity contribution is 0.477. The highest BCUT2D eigenvalue weighted by Crippen LogP contribution is 2.23. The Morgan fingerprint density at radius 2 is 1.58 bits per heavy atom. The predicted octanol–water partition coefficient (Wildman–Crippen LogP) is 2.80. The van der Waals surface area contributed by atoms with E-state index in [2.05, 4.69) is 0 Å². The predicted molar refractivity (Wildman–Crippen MR) is 75.4 cm³/mol. The Morgan fingerprint density at radius 1 is 1.00 bits per heavy atom. The maximum Gasteiger partial charge on any atom is 0.360 e. The number of para-hydroxylation sites is 1. The van der Waals surface area contributed by atoms with Crippen LogP contribution in [0.25, 0.3) is 0 Å². The van der Waals surface area contributed by atoms with Gasteiger partial charge in [-0.2, -0.15) is 8.42 Å². The normalized spacial score (nSPS) is 11.3. The molecule has 2 rings (SSSR count). The molecule has 0 heterocycles. The van der Waals surface area contributed by atoms with Crippen LogP contribution in [-0.4, -0.2) is 13.0 Å². The second-order valence-corrected chi connectivity index (χ2v) is 5.59. The first-order chi connectivity index (χ1) is 8.98. The summed E-state index contributed by atoms with van der Waals surface area (Å²) in [7, 11) is -4.31. The first-order valence-corrected chi connectivity index (χ1v) is 7.23. The number of aryl methyl sites for hydroxylation is 1. The summed E-state index contributed by atoms with van der Waals surface area (Å²) >= 11 is 0. The molecule has 0 saturated carbocycles. The van der Waals surface area contributed by atoms with Gasteiger partial charge in [-0.3, -0.25) is 4.55 Å². The maximum absolute atomic E-state index is 11.6. The van der Waals surface area contributed by atoms with Crippen molar-refractivity contribution in [1.29, 1.82) is 0 Å². The van der Waals surface area contributed by atoms with Crippen LogP contribution < -0.4 is 4.31 Å². The first-order valence-electron chi connectivity index (χ1n) is 5.83. The Morgan fingerprint density at radius 3 is 2.16 bits per heavy atom. The summed E-state index contributed by atoms with van der Waals surface area (Å²) in [6.07, 6.45) is 0. The van der Waals surface area contributed by atoms with Crippen molar-refractivity contribution in [3.05, 3.63) is 65.7 Å². The van der Waals surface area contributed by atoms with E-state index in [1.807, 2.05) is 36.4 Å². The van der Waals surface area contributed by atoms with Gasteiger partial charge >= 0.3 is 10.3 Å². The molecule has 0 aromatic heterocycles. The van der Waals surface area contributed by atoms with Crippen LogP contribution in [0.15, 0.2) is 54.6 Å². The van der Waals surface area contributed by atoms with Gasteiger partial charge in [-0.15, -0.1) is 0 Å². The van der Waals surface area contributed by atoms with Crippen molar-refractivity contribution < 1.29 is 13.0 Å². The van der Waals surface area contributed by atoms with E-state index in [4.69, 9.17) is 0 Å². The van der Waals surface area contributed by atoms with Crippen LogP contribution in [0.1, 0.15) is 11.1 Å². The van der Waals surface area contributed by atoms with Gasteiger partial charge in [0.1, 0.15) is 0 Å². The second kappa shape index (κ2) is 5.42. The summed E-state index contributed by atoms with van der Waals surface area (Å²) < 4.78 is 33.6. The zero-order valence-electron chi connectivity index (χ0n) is 10.5. The van der Waals surface area contributed by atoms with Gasteiger partial charge in [0.15, 0.2) is 0 Å². The molecule has 2 aromatic rings. The topological polar surface area (TPSA) is 57.6 Å². The maximum atomic E-state index is 11.6. The van der Waals surface area contributed by atoms with Crippen LogP contribution in [0, 0.1) is 6.92 Å². The second-order valence-electron chi connectivity index (χ2n) is 4.26. The molecule has 0 radical (unpaired) electrons. The number of hydrogen-bond acceptors (Lipinski definition) is 2. The lowest BCUT2D eigenvalue weighted by atomic mass is 10.2. The number of rotatable bonds is 4. The minimum atomic E-state index is -4.31. The largest absolute Gasteiger partial charge is 0.360 e. The van der Waals surface area contributed by atoms with Crippen molar-refractivity contribution >= 4 is 16.0 Å². The molecule has 0 spiro atoms. The molecule has 0 aliphatic heterocycles. The minimum Gasteiger partial charge on any atom is -0.269 e. The van der Waals surface area contributed by atoms with Crippen molar-refractivity contribution in [3.63, 3.8) is 0 Å². The van der Waals surface area contributed by atoms with Crippen molar-refractivity contribution in [3.8, 4) is 0 Å². The summed E-state index contributed by atoms with van der Waals surface area (Å²) in [4.78, 5) is 0. The lowest BCUT2D eigenvalue weighted by Gasteiger charge is -2.22. The molecule has 0 amide bonds. The first kappa shape index (κ1) is 13.6. The van der Waals surface area contributed by atoms with Gasteiger partial charge < -0.3 is 0 Å². The van der Waals surface area contributed by atoms with Crippen LogP contribution in [0.5, 0.6) is 0 Å². The summed E-state index contributed by atoms with van der Waals surface area (Å²) in [5.41, 5.74) is 2.08. The molecule has 0 bridgehead atoms. The van der Waals surface area contributed by atoms with Crippen molar-refractivity contribution in [2.45, 2.75) is 13.5 Å². The minimum absolute atomic E-state index is 0.102. The van der Waals surface area contributed by atoms with E-state index >= 15 is 0 Å². The third-order valence-electron chi connectivity index (χ3n) is 2.83. The molecule has 19 heavy (non-hydrogen) atoms. The molecule has 100 valence electrons. The molecule has 0 aliphatic carbocycles. The Hall–Kier alpha value is -1.85. The van der Waals surface area contributed by atoms with Crippen LogP contribution in [-0.2, 0) is 16.8 Å². The SMILES string of the molecule is Cc1ccccc1N(Cc1ccccc1)S(=O)(=O)O.